The highest BCUT2D eigenvalue weighted by Crippen LogP contribution is 2.31. The lowest BCUT2D eigenvalue weighted by molar-refractivity contribution is 0.469. The van der Waals surface area contributed by atoms with Gasteiger partial charge in [-0.15, -0.1) is 0 Å². The molecule has 0 heterocycles. The van der Waals surface area contributed by atoms with Crippen LogP contribution in [0.25, 0.3) is 5.76 Å². The smallest absolute Gasteiger partial charge is 0.168 e. The van der Waals surface area contributed by atoms with Crippen molar-refractivity contribution in [3.8, 4) is 5.75 Å². The largest absolute Gasteiger partial charge is 0.507 e. The van der Waals surface area contributed by atoms with Crippen LogP contribution in [0.4, 0.5) is 0 Å². The predicted octanol–water partition coefficient (Wildman–Crippen LogP) is 3.13. The number of hydrogen-bond acceptors (Lipinski definition) is 2. The Hall–Kier alpha value is -0.720. The molecule has 0 bridgehead atoms. The number of halogens is 1. The number of para-hydroxylation sites is 1. The Morgan fingerprint density at radius 1 is 1.50 bits per heavy atom. The van der Waals surface area contributed by atoms with Crippen LogP contribution in [-0.4, -0.2) is 5.11 Å². The Kier molecular flexibility index (Phi) is 3.39. The Labute approximate surface area is 77.5 Å². The van der Waals surface area contributed by atoms with Gasteiger partial charge in [0.25, 0.3) is 0 Å². The summed E-state index contributed by atoms with van der Waals surface area (Å²) < 4.78 is 4.95. The minimum absolute atomic E-state index is 0.150. The molecule has 1 aromatic rings. The van der Waals surface area contributed by atoms with Gasteiger partial charge in [-0.2, -0.15) is 0 Å². The SMILES string of the molecule is C=C(OPCl)c1ccccc1O. The van der Waals surface area contributed by atoms with Crippen molar-refractivity contribution in [2.45, 2.75) is 0 Å². The number of rotatable bonds is 3. The monoisotopic (exact) mass is 202 g/mol. The molecule has 0 aliphatic carbocycles. The molecule has 0 saturated carbocycles. The lowest BCUT2D eigenvalue weighted by Gasteiger charge is -2.06. The first-order valence-corrected chi connectivity index (χ1v) is 5.17. The van der Waals surface area contributed by atoms with Crippen molar-refractivity contribution in [1.82, 2.24) is 0 Å². The van der Waals surface area contributed by atoms with E-state index in [4.69, 9.17) is 15.8 Å². The average Bonchev–Trinajstić information content (AvgIpc) is 2.05. The van der Waals surface area contributed by atoms with Gasteiger partial charge in [0.2, 0.25) is 0 Å². The molecule has 0 aliphatic heterocycles. The number of hydrogen-bond donors (Lipinski definition) is 1. The molecule has 64 valence electrons. The molecule has 1 N–H and O–H groups in total. The van der Waals surface area contributed by atoms with E-state index in [1.165, 1.54) is 0 Å². The second-order valence-electron chi connectivity index (χ2n) is 2.12. The van der Waals surface area contributed by atoms with Gasteiger partial charge in [-0.3, -0.25) is 0 Å². The van der Waals surface area contributed by atoms with Crippen LogP contribution in [0, 0.1) is 0 Å². The van der Waals surface area contributed by atoms with Gasteiger partial charge in [-0.1, -0.05) is 30.0 Å². The third-order valence-corrected chi connectivity index (χ3v) is 1.92. The molecule has 1 atom stereocenters. The van der Waals surface area contributed by atoms with E-state index < -0.39 is 0 Å². The van der Waals surface area contributed by atoms with Crippen LogP contribution in [0.1, 0.15) is 5.56 Å². The maximum absolute atomic E-state index is 9.33. The van der Waals surface area contributed by atoms with Crippen molar-refractivity contribution in [2.24, 2.45) is 0 Å². The van der Waals surface area contributed by atoms with Gasteiger partial charge >= 0.3 is 0 Å². The van der Waals surface area contributed by atoms with E-state index >= 15 is 0 Å². The highest BCUT2D eigenvalue weighted by Gasteiger charge is 2.03. The lowest BCUT2D eigenvalue weighted by Crippen LogP contribution is -1.82. The molecule has 2 nitrogen and oxygen atoms in total. The minimum atomic E-state index is -0.178. The summed E-state index contributed by atoms with van der Waals surface area (Å²) in [5, 5.41) is 9.33. The fourth-order valence-electron chi connectivity index (χ4n) is 0.811. The Morgan fingerprint density at radius 2 is 2.17 bits per heavy atom. The van der Waals surface area contributed by atoms with Crippen LogP contribution in [0.3, 0.4) is 0 Å². The molecule has 1 rings (SSSR count). The first kappa shape index (κ1) is 9.37. The second kappa shape index (κ2) is 4.34. The van der Waals surface area contributed by atoms with Crippen molar-refractivity contribution < 1.29 is 9.63 Å². The molecule has 1 aromatic carbocycles. The summed E-state index contributed by atoms with van der Waals surface area (Å²) in [4.78, 5) is 0. The summed E-state index contributed by atoms with van der Waals surface area (Å²) in [6.07, 6.45) is 0. The Morgan fingerprint density at radius 3 is 2.75 bits per heavy atom. The molecule has 0 aliphatic rings. The Balaban J connectivity index is 2.87. The topological polar surface area (TPSA) is 29.5 Å². The van der Waals surface area contributed by atoms with E-state index in [2.05, 4.69) is 6.58 Å². The third kappa shape index (κ3) is 2.13. The number of aromatic hydroxyl groups is 1. The molecule has 0 amide bonds. The van der Waals surface area contributed by atoms with Gasteiger partial charge in [-0.25, -0.2) is 0 Å². The van der Waals surface area contributed by atoms with Crippen molar-refractivity contribution >= 4 is 25.2 Å². The average molecular weight is 203 g/mol. The molecule has 0 radical (unpaired) electrons. The molecule has 4 heteroatoms. The zero-order valence-electron chi connectivity index (χ0n) is 6.25. The normalized spacial score (nSPS) is 10.4. The maximum atomic E-state index is 9.33. The van der Waals surface area contributed by atoms with Crippen LogP contribution in [-0.2, 0) is 4.52 Å². The van der Waals surface area contributed by atoms with E-state index in [1.807, 2.05) is 0 Å². The number of phenolic OH excluding ortho intramolecular Hbond substituents is 1. The van der Waals surface area contributed by atoms with Gasteiger partial charge in [0, 0.05) is 0 Å². The Bertz CT molecular complexity index is 288. The van der Waals surface area contributed by atoms with E-state index in [1.54, 1.807) is 24.3 Å². The van der Waals surface area contributed by atoms with Crippen LogP contribution in [0.2, 0.25) is 0 Å². The highest BCUT2D eigenvalue weighted by molar-refractivity contribution is 7.64. The van der Waals surface area contributed by atoms with E-state index in [0.717, 1.165) is 0 Å². The van der Waals surface area contributed by atoms with E-state index in [0.29, 0.717) is 11.3 Å². The molecule has 0 aromatic heterocycles. The van der Waals surface area contributed by atoms with Crippen LogP contribution >= 0.6 is 19.4 Å². The molecule has 12 heavy (non-hydrogen) atoms. The summed E-state index contributed by atoms with van der Waals surface area (Å²) in [7, 11) is -0.178. The fraction of sp³-hybridized carbons (Fsp3) is 0. The lowest BCUT2D eigenvalue weighted by atomic mass is 10.2. The molecule has 0 fully saturated rings. The van der Waals surface area contributed by atoms with Crippen molar-refractivity contribution in [1.29, 1.82) is 0 Å². The first-order chi connectivity index (χ1) is 5.75. The number of phenols is 1. The van der Waals surface area contributed by atoms with Crippen LogP contribution in [0.15, 0.2) is 30.8 Å². The van der Waals surface area contributed by atoms with Crippen molar-refractivity contribution in [2.75, 3.05) is 0 Å². The summed E-state index contributed by atoms with van der Waals surface area (Å²) in [6, 6.07) is 6.81. The molecular formula is C8H8ClO2P. The van der Waals surface area contributed by atoms with Gasteiger partial charge in [0.05, 0.1) is 5.56 Å². The quantitative estimate of drug-likeness (QED) is 0.603. The van der Waals surface area contributed by atoms with Gasteiger partial charge < -0.3 is 9.63 Å². The van der Waals surface area contributed by atoms with E-state index in [9.17, 15) is 5.11 Å². The second-order valence-corrected chi connectivity index (χ2v) is 2.94. The first-order valence-electron chi connectivity index (χ1n) is 3.25. The zero-order valence-corrected chi connectivity index (χ0v) is 8.01. The van der Waals surface area contributed by atoms with E-state index in [-0.39, 0.29) is 13.9 Å². The van der Waals surface area contributed by atoms with Crippen LogP contribution < -0.4 is 0 Å². The maximum Gasteiger partial charge on any atom is 0.168 e. The minimum Gasteiger partial charge on any atom is -0.507 e. The summed E-state index contributed by atoms with van der Waals surface area (Å²) >= 11 is 5.36. The predicted molar refractivity (Wildman–Crippen MR) is 52.4 cm³/mol. The van der Waals surface area contributed by atoms with Crippen LogP contribution in [0.5, 0.6) is 5.75 Å². The molecule has 0 spiro atoms. The molecule has 1 unspecified atom stereocenters. The van der Waals surface area contributed by atoms with Gasteiger partial charge in [-0.05, 0) is 12.1 Å². The zero-order chi connectivity index (χ0) is 8.97. The highest BCUT2D eigenvalue weighted by atomic mass is 35.7. The summed E-state index contributed by atoms with van der Waals surface area (Å²) in [5.41, 5.74) is 0.575. The fourth-order valence-corrected chi connectivity index (χ4v) is 1.29. The van der Waals surface area contributed by atoms with Gasteiger partial charge in [0.1, 0.15) is 11.5 Å². The summed E-state index contributed by atoms with van der Waals surface area (Å²) in [6.45, 7) is 3.62. The standard InChI is InChI=1S/C8H8ClO2P/c1-6(11-12-9)7-4-2-3-5-8(7)10/h2-5,10,12H,1H2. The van der Waals surface area contributed by atoms with Crippen molar-refractivity contribution in [3.63, 3.8) is 0 Å². The number of benzene rings is 1. The molecule has 0 saturated heterocycles. The molecular weight excluding hydrogens is 195 g/mol. The van der Waals surface area contributed by atoms with Gasteiger partial charge in [0.15, 0.2) is 8.16 Å². The third-order valence-electron chi connectivity index (χ3n) is 1.37. The summed E-state index contributed by atoms with van der Waals surface area (Å²) in [5.74, 6) is 0.541. The van der Waals surface area contributed by atoms with Crippen molar-refractivity contribution in [3.05, 3.63) is 36.4 Å².